The zero-order valence-corrected chi connectivity index (χ0v) is 23.6. The van der Waals surface area contributed by atoms with E-state index in [4.69, 9.17) is 16.3 Å². The molecule has 6 rings (SSSR count). The molecule has 2 aliphatic heterocycles. The van der Waals surface area contributed by atoms with Gasteiger partial charge in [0.2, 0.25) is 0 Å². The predicted molar refractivity (Wildman–Crippen MR) is 155 cm³/mol. The van der Waals surface area contributed by atoms with E-state index < -0.39 is 11.4 Å². The molecule has 41 heavy (non-hydrogen) atoms. The topological polar surface area (TPSA) is 102 Å². The molecule has 4 heterocycles. The third-order valence-electron chi connectivity index (χ3n) is 7.39. The number of piperidine rings is 1. The fourth-order valence-electron chi connectivity index (χ4n) is 5.12. The first-order chi connectivity index (χ1) is 19.7. The van der Waals surface area contributed by atoms with Crippen LogP contribution in [0.3, 0.4) is 0 Å². The molecule has 2 saturated heterocycles. The average molecular weight is 582 g/mol. The first-order valence-corrected chi connectivity index (χ1v) is 14.0. The number of carbonyl (C=O) groups is 1. The fraction of sp³-hybridized carbons (Fsp3) is 0.367. The van der Waals surface area contributed by atoms with Gasteiger partial charge in [-0.3, -0.25) is 18.7 Å². The van der Waals surface area contributed by atoms with Gasteiger partial charge in [0.05, 0.1) is 30.2 Å². The number of carbonyl (C=O) groups excluding carboxylic acids is 1. The van der Waals surface area contributed by atoms with Gasteiger partial charge in [-0.05, 0) is 56.2 Å². The number of nitrogens with zero attached hydrogens (tertiary/aromatic N) is 4. The number of aromatic nitrogens is 3. The lowest BCUT2D eigenvalue weighted by molar-refractivity contribution is -0.0299. The Labute approximate surface area is 242 Å². The Kier molecular flexibility index (Phi) is 8.84. The van der Waals surface area contributed by atoms with Crippen LogP contribution in [-0.2, 0) is 11.3 Å². The van der Waals surface area contributed by atoms with Crippen molar-refractivity contribution in [3.8, 4) is 5.69 Å². The summed E-state index contributed by atoms with van der Waals surface area (Å²) in [6.07, 6.45) is 2.41. The van der Waals surface area contributed by atoms with Crippen molar-refractivity contribution in [2.75, 3.05) is 32.8 Å². The number of benzene rings is 2. The minimum Gasteiger partial charge on any atom is -0.388 e. The smallest absolute Gasteiger partial charge is 0.262 e. The number of amides is 1. The Hall–Kier alpha value is -3.57. The van der Waals surface area contributed by atoms with Crippen LogP contribution in [0.25, 0.3) is 16.7 Å². The normalized spacial score (nSPS) is 18.5. The summed E-state index contributed by atoms with van der Waals surface area (Å²) in [7, 11) is 0. The van der Waals surface area contributed by atoms with Crippen LogP contribution in [0, 0.1) is 5.82 Å². The number of halogens is 2. The molecular formula is C30H33ClFN5O4. The molecule has 2 aromatic heterocycles. The van der Waals surface area contributed by atoms with Gasteiger partial charge in [0, 0.05) is 37.4 Å². The summed E-state index contributed by atoms with van der Waals surface area (Å²) in [6, 6.07) is 16.5. The second kappa shape index (κ2) is 12.5. The van der Waals surface area contributed by atoms with Crippen LogP contribution in [0.2, 0.25) is 5.15 Å². The molecular weight excluding hydrogens is 549 g/mol. The molecule has 4 aromatic rings. The quantitative estimate of drug-likeness (QED) is 0.382. The van der Waals surface area contributed by atoms with Gasteiger partial charge >= 0.3 is 0 Å². The van der Waals surface area contributed by atoms with Gasteiger partial charge in [0.25, 0.3) is 11.5 Å². The number of hydrogen-bond donors (Lipinski definition) is 2. The molecule has 2 N–H and O–H groups in total. The highest BCUT2D eigenvalue weighted by atomic mass is 35.5. The average Bonchev–Trinajstić information content (AvgIpc) is 3.32. The third kappa shape index (κ3) is 6.68. The monoisotopic (exact) mass is 581 g/mol. The molecule has 216 valence electrons. The van der Waals surface area contributed by atoms with Gasteiger partial charge in [-0.1, -0.05) is 35.9 Å². The second-order valence-corrected chi connectivity index (χ2v) is 10.9. The molecule has 1 atom stereocenters. The number of aliphatic hydroxyl groups is 1. The summed E-state index contributed by atoms with van der Waals surface area (Å²) in [4.78, 5) is 31.9. The van der Waals surface area contributed by atoms with Gasteiger partial charge < -0.3 is 20.1 Å². The number of fused-ring (bicyclic) bond motifs is 1. The summed E-state index contributed by atoms with van der Waals surface area (Å²) >= 11 is 6.42. The Morgan fingerprint density at radius 3 is 2.56 bits per heavy atom. The molecule has 2 aromatic carbocycles. The number of likely N-dealkylation sites (tertiary alicyclic amines) is 1. The van der Waals surface area contributed by atoms with E-state index in [1.807, 2.05) is 30.3 Å². The maximum Gasteiger partial charge on any atom is 0.262 e. The number of ether oxygens (including phenoxy) is 1. The highest BCUT2D eigenvalue weighted by Gasteiger charge is 2.35. The molecule has 2 aliphatic rings. The van der Waals surface area contributed by atoms with E-state index in [2.05, 4.69) is 17.2 Å². The Balaban J connectivity index is 0.000000423. The highest BCUT2D eigenvalue weighted by Crippen LogP contribution is 2.27. The van der Waals surface area contributed by atoms with Crippen molar-refractivity contribution in [3.05, 3.63) is 93.9 Å². The number of nitrogens with one attached hydrogen (secondary N) is 1. The van der Waals surface area contributed by atoms with Crippen LogP contribution in [0.15, 0.2) is 71.8 Å². The molecule has 9 nitrogen and oxygen atoms in total. The number of para-hydroxylation sites is 1. The first-order valence-electron chi connectivity index (χ1n) is 13.7. The summed E-state index contributed by atoms with van der Waals surface area (Å²) < 4.78 is 21.8. The van der Waals surface area contributed by atoms with E-state index in [0.29, 0.717) is 35.4 Å². The van der Waals surface area contributed by atoms with Crippen molar-refractivity contribution >= 4 is 28.5 Å². The Morgan fingerprint density at radius 1 is 1.17 bits per heavy atom. The van der Waals surface area contributed by atoms with Crippen molar-refractivity contribution in [1.82, 2.24) is 24.3 Å². The Morgan fingerprint density at radius 2 is 1.93 bits per heavy atom. The maximum absolute atomic E-state index is 13.5. The van der Waals surface area contributed by atoms with E-state index in [-0.39, 0.29) is 36.4 Å². The third-order valence-corrected chi connectivity index (χ3v) is 7.66. The van der Waals surface area contributed by atoms with Crippen LogP contribution in [0.4, 0.5) is 4.39 Å². The molecule has 2 fully saturated rings. The molecule has 0 saturated carbocycles. The highest BCUT2D eigenvalue weighted by molar-refractivity contribution is 6.31. The van der Waals surface area contributed by atoms with Crippen molar-refractivity contribution in [2.24, 2.45) is 0 Å². The zero-order chi connectivity index (χ0) is 29.0. The van der Waals surface area contributed by atoms with Crippen molar-refractivity contribution in [1.29, 1.82) is 0 Å². The summed E-state index contributed by atoms with van der Waals surface area (Å²) in [5.41, 5.74) is 0.0365. The summed E-state index contributed by atoms with van der Waals surface area (Å²) in [6.45, 7) is 5.63. The van der Waals surface area contributed by atoms with E-state index in [1.165, 1.54) is 29.1 Å². The number of hydrogen-bond acceptors (Lipinski definition) is 6. The number of morpholine rings is 1. The molecule has 0 aliphatic carbocycles. The van der Waals surface area contributed by atoms with Crippen molar-refractivity contribution < 1.29 is 19.0 Å². The minimum atomic E-state index is -1.18. The zero-order valence-electron chi connectivity index (χ0n) is 22.8. The summed E-state index contributed by atoms with van der Waals surface area (Å²) in [5, 5.41) is 15.1. The minimum absolute atomic E-state index is 0.0465. The molecule has 0 bridgehead atoms. The molecule has 0 spiro atoms. The largest absolute Gasteiger partial charge is 0.388 e. The van der Waals surface area contributed by atoms with Crippen molar-refractivity contribution in [2.45, 2.75) is 38.0 Å². The van der Waals surface area contributed by atoms with E-state index >= 15 is 0 Å². The van der Waals surface area contributed by atoms with Crippen LogP contribution in [-0.4, -0.2) is 74.5 Å². The second-order valence-electron chi connectivity index (χ2n) is 10.5. The molecule has 1 unspecified atom stereocenters. The lowest BCUT2D eigenvalue weighted by atomic mass is 9.91. The lowest BCUT2D eigenvalue weighted by Crippen LogP contribution is -2.49. The maximum atomic E-state index is 13.5. The lowest BCUT2D eigenvalue weighted by Gasteiger charge is -2.38. The summed E-state index contributed by atoms with van der Waals surface area (Å²) in [5.74, 6) is -0.749. The Bertz CT molecular complexity index is 1560. The van der Waals surface area contributed by atoms with Gasteiger partial charge in [0.1, 0.15) is 17.3 Å². The molecule has 11 heteroatoms. The standard InChI is InChI=1S/C25H22ClFN4O3.C5H11NO/c26-21-14-20-22(31(21)19-7-2-1-3-8-19)28-16-30(24(20)33)15-25(34)9-11-29(12-10-25)23(32)17-5-4-6-18(27)13-17;1-5-4-6-2-3-7-5/h1-8,13-14,16,34H,9-12,15H2;5-6H,2-4H2,1H3. The first kappa shape index (κ1) is 28.9. The predicted octanol–water partition coefficient (Wildman–Crippen LogP) is 3.64. The van der Waals surface area contributed by atoms with Crippen molar-refractivity contribution in [3.63, 3.8) is 0 Å². The van der Waals surface area contributed by atoms with E-state index in [0.717, 1.165) is 25.4 Å². The van der Waals surface area contributed by atoms with Gasteiger partial charge in [-0.2, -0.15) is 0 Å². The van der Waals surface area contributed by atoms with Crippen LogP contribution < -0.4 is 10.9 Å². The van der Waals surface area contributed by atoms with E-state index in [9.17, 15) is 19.1 Å². The molecule has 0 radical (unpaired) electrons. The van der Waals surface area contributed by atoms with Crippen LogP contribution in [0.5, 0.6) is 0 Å². The van der Waals surface area contributed by atoms with Crippen LogP contribution >= 0.6 is 11.6 Å². The van der Waals surface area contributed by atoms with Gasteiger partial charge in [0.15, 0.2) is 5.65 Å². The molecule has 1 amide bonds. The SMILES string of the molecule is CC1CNCCO1.O=C(c1cccc(F)c1)N1CCC(O)(Cn2cnc3c(cc(Cl)n3-c3ccccc3)c2=O)CC1. The number of rotatable bonds is 4. The fourth-order valence-corrected chi connectivity index (χ4v) is 5.41. The van der Waals surface area contributed by atoms with Gasteiger partial charge in [-0.15, -0.1) is 0 Å². The van der Waals surface area contributed by atoms with E-state index in [1.54, 1.807) is 21.6 Å². The van der Waals surface area contributed by atoms with Crippen LogP contribution in [0.1, 0.15) is 30.1 Å². The van der Waals surface area contributed by atoms with Gasteiger partial charge in [-0.25, -0.2) is 9.37 Å².